The number of carbonyl (C=O) groups is 1. The Bertz CT molecular complexity index is 536. The van der Waals surface area contributed by atoms with Gasteiger partial charge in [-0.15, -0.1) is 0 Å². The number of nitrogens with one attached hydrogen (secondary N) is 1. The number of hydrogen-bond acceptors (Lipinski definition) is 3. The third-order valence-corrected chi connectivity index (χ3v) is 3.13. The van der Waals surface area contributed by atoms with Crippen molar-refractivity contribution < 1.29 is 9.53 Å². The summed E-state index contributed by atoms with van der Waals surface area (Å²) in [5.74, 6) is 0. The summed E-state index contributed by atoms with van der Waals surface area (Å²) in [4.78, 5) is 25.4. The highest BCUT2D eigenvalue weighted by Crippen LogP contribution is 2.18. The van der Waals surface area contributed by atoms with Crippen LogP contribution in [0, 0.1) is 0 Å². The number of ether oxygens (including phenoxy) is 1. The number of nitrogens with zero attached hydrogens (tertiary/aromatic N) is 2. The van der Waals surface area contributed by atoms with E-state index in [2.05, 4.69) is 5.10 Å². The van der Waals surface area contributed by atoms with Crippen molar-refractivity contribution in [3.63, 3.8) is 0 Å². The van der Waals surface area contributed by atoms with Gasteiger partial charge in [0.25, 0.3) is 5.56 Å². The number of aryl methyl sites for hydroxylation is 1. The first-order valence-corrected chi connectivity index (χ1v) is 6.60. The Morgan fingerprint density at radius 3 is 2.68 bits per heavy atom. The Balaban J connectivity index is 2.18. The minimum absolute atomic E-state index is 0.0410. The van der Waals surface area contributed by atoms with Crippen molar-refractivity contribution in [2.45, 2.75) is 52.8 Å². The lowest BCUT2D eigenvalue weighted by Gasteiger charge is -2.30. The summed E-state index contributed by atoms with van der Waals surface area (Å²) in [5, 5.41) is 2.79. The summed E-state index contributed by atoms with van der Waals surface area (Å²) in [7, 11) is 0. The van der Waals surface area contributed by atoms with E-state index in [4.69, 9.17) is 4.74 Å². The molecule has 6 heteroatoms. The van der Waals surface area contributed by atoms with Crippen LogP contribution in [0.25, 0.3) is 0 Å². The number of rotatable bonds is 1. The second-order valence-corrected chi connectivity index (χ2v) is 5.76. The first kappa shape index (κ1) is 13.7. The van der Waals surface area contributed by atoms with Crippen molar-refractivity contribution >= 4 is 6.09 Å². The number of hydrogen-bond donors (Lipinski definition) is 1. The minimum Gasteiger partial charge on any atom is -0.444 e. The van der Waals surface area contributed by atoms with E-state index in [1.165, 1.54) is 0 Å². The van der Waals surface area contributed by atoms with E-state index in [1.807, 2.05) is 27.7 Å². The zero-order chi connectivity index (χ0) is 14.2. The average Bonchev–Trinajstić information content (AvgIpc) is 2.63. The lowest BCUT2D eigenvalue weighted by Crippen LogP contribution is -2.40. The summed E-state index contributed by atoms with van der Waals surface area (Å²) in [6.45, 7) is 9.14. The molecule has 1 aromatic heterocycles. The molecule has 0 fully saturated rings. The molecule has 2 rings (SSSR count). The van der Waals surface area contributed by atoms with Gasteiger partial charge in [0, 0.05) is 18.7 Å². The maximum atomic E-state index is 12.0. The number of aromatic nitrogens is 2. The minimum atomic E-state index is -0.500. The van der Waals surface area contributed by atoms with Gasteiger partial charge in [0.05, 0.1) is 12.2 Å². The second kappa shape index (κ2) is 4.75. The summed E-state index contributed by atoms with van der Waals surface area (Å²) in [5.41, 5.74) is 1.15. The number of fused-ring (bicyclic) bond motifs is 1. The molecule has 0 saturated heterocycles. The highest BCUT2D eigenvalue weighted by atomic mass is 16.6. The number of H-pyrrole nitrogens is 1. The van der Waals surface area contributed by atoms with Crippen LogP contribution in [-0.4, -0.2) is 32.9 Å². The Morgan fingerprint density at radius 2 is 2.11 bits per heavy atom. The van der Waals surface area contributed by atoms with E-state index < -0.39 is 5.60 Å². The van der Waals surface area contributed by atoms with Crippen LogP contribution in [0.4, 0.5) is 4.79 Å². The third kappa shape index (κ3) is 2.83. The standard InChI is InChI=1S/C13H21N3O3/c1-5-16-10-8-15(12(18)19-13(2,3)4)7-6-9(10)11(17)14-16/h5-8H2,1-4H3,(H,14,17). The molecule has 1 aliphatic heterocycles. The van der Waals surface area contributed by atoms with Crippen molar-refractivity contribution in [1.29, 1.82) is 0 Å². The van der Waals surface area contributed by atoms with Crippen molar-refractivity contribution in [3.05, 3.63) is 21.6 Å². The number of amides is 1. The maximum Gasteiger partial charge on any atom is 0.410 e. The summed E-state index contributed by atoms with van der Waals surface area (Å²) < 4.78 is 7.16. The first-order chi connectivity index (χ1) is 8.81. The second-order valence-electron chi connectivity index (χ2n) is 5.76. The topological polar surface area (TPSA) is 67.3 Å². The summed E-state index contributed by atoms with van der Waals surface area (Å²) in [6.07, 6.45) is 0.256. The summed E-state index contributed by atoms with van der Waals surface area (Å²) in [6, 6.07) is 0. The van der Waals surface area contributed by atoms with Crippen LogP contribution in [0.5, 0.6) is 0 Å². The lowest BCUT2D eigenvalue weighted by molar-refractivity contribution is 0.0218. The molecule has 19 heavy (non-hydrogen) atoms. The van der Waals surface area contributed by atoms with Crippen LogP contribution in [0.2, 0.25) is 0 Å². The quantitative estimate of drug-likeness (QED) is 0.838. The molecule has 2 heterocycles. The van der Waals surface area contributed by atoms with Gasteiger partial charge >= 0.3 is 6.09 Å². The molecule has 0 radical (unpaired) electrons. The molecular formula is C13H21N3O3. The van der Waals surface area contributed by atoms with Gasteiger partial charge < -0.3 is 9.64 Å². The van der Waals surface area contributed by atoms with Crippen molar-refractivity contribution in [2.24, 2.45) is 0 Å². The van der Waals surface area contributed by atoms with Crippen LogP contribution >= 0.6 is 0 Å². The van der Waals surface area contributed by atoms with Gasteiger partial charge in [0.2, 0.25) is 0 Å². The highest BCUT2D eigenvalue weighted by Gasteiger charge is 2.28. The zero-order valence-electron chi connectivity index (χ0n) is 11.9. The highest BCUT2D eigenvalue weighted by molar-refractivity contribution is 5.68. The molecule has 0 spiro atoms. The average molecular weight is 267 g/mol. The molecule has 0 unspecified atom stereocenters. The van der Waals surface area contributed by atoms with Gasteiger partial charge in [-0.05, 0) is 34.1 Å². The molecule has 0 atom stereocenters. The number of aromatic amines is 1. The Morgan fingerprint density at radius 1 is 1.42 bits per heavy atom. The SMILES string of the molecule is CCn1[nH]c(=O)c2c1CN(C(=O)OC(C)(C)C)CC2. The van der Waals surface area contributed by atoms with E-state index in [0.29, 0.717) is 26.1 Å². The Hall–Kier alpha value is -1.72. The third-order valence-electron chi connectivity index (χ3n) is 3.13. The van der Waals surface area contributed by atoms with Crippen molar-refractivity contribution in [2.75, 3.05) is 6.54 Å². The molecule has 106 valence electrons. The van der Waals surface area contributed by atoms with Crippen LogP contribution in [0.3, 0.4) is 0 Å². The Labute approximate surface area is 112 Å². The van der Waals surface area contributed by atoms with Gasteiger partial charge in [-0.1, -0.05) is 0 Å². The van der Waals surface area contributed by atoms with E-state index in [0.717, 1.165) is 11.3 Å². The predicted octanol–water partition coefficient (Wildman–Crippen LogP) is 1.49. The molecule has 0 bridgehead atoms. The van der Waals surface area contributed by atoms with Crippen molar-refractivity contribution in [1.82, 2.24) is 14.7 Å². The van der Waals surface area contributed by atoms with Gasteiger partial charge in [-0.3, -0.25) is 14.6 Å². The molecule has 6 nitrogen and oxygen atoms in total. The maximum absolute atomic E-state index is 12.0. The van der Waals surface area contributed by atoms with E-state index >= 15 is 0 Å². The van der Waals surface area contributed by atoms with Gasteiger partial charge in [0.1, 0.15) is 5.60 Å². The predicted molar refractivity (Wildman–Crippen MR) is 71.1 cm³/mol. The van der Waals surface area contributed by atoms with E-state index in [-0.39, 0.29) is 11.7 Å². The van der Waals surface area contributed by atoms with E-state index in [9.17, 15) is 9.59 Å². The molecule has 0 aromatic carbocycles. The molecular weight excluding hydrogens is 246 g/mol. The molecule has 1 amide bonds. The largest absolute Gasteiger partial charge is 0.444 e. The Kier molecular flexibility index (Phi) is 3.43. The monoisotopic (exact) mass is 267 g/mol. The van der Waals surface area contributed by atoms with Gasteiger partial charge in [-0.25, -0.2) is 4.79 Å². The van der Waals surface area contributed by atoms with Gasteiger partial charge in [-0.2, -0.15) is 0 Å². The van der Waals surface area contributed by atoms with Crippen LogP contribution in [0.15, 0.2) is 4.79 Å². The van der Waals surface area contributed by atoms with E-state index in [1.54, 1.807) is 9.58 Å². The number of carbonyl (C=O) groups excluding carboxylic acids is 1. The molecule has 1 aliphatic rings. The zero-order valence-corrected chi connectivity index (χ0v) is 11.9. The van der Waals surface area contributed by atoms with Crippen LogP contribution in [0.1, 0.15) is 39.0 Å². The molecule has 1 N–H and O–H groups in total. The molecule has 0 saturated carbocycles. The van der Waals surface area contributed by atoms with Crippen molar-refractivity contribution in [3.8, 4) is 0 Å². The summed E-state index contributed by atoms with van der Waals surface area (Å²) >= 11 is 0. The van der Waals surface area contributed by atoms with Gasteiger partial charge in [0.15, 0.2) is 0 Å². The fourth-order valence-corrected chi connectivity index (χ4v) is 2.25. The molecule has 0 aliphatic carbocycles. The fourth-order valence-electron chi connectivity index (χ4n) is 2.25. The normalized spacial score (nSPS) is 15.3. The lowest BCUT2D eigenvalue weighted by atomic mass is 10.1. The smallest absolute Gasteiger partial charge is 0.410 e. The van der Waals surface area contributed by atoms with Crippen LogP contribution in [-0.2, 0) is 24.2 Å². The fraction of sp³-hybridized carbons (Fsp3) is 0.692. The molecule has 1 aromatic rings. The first-order valence-electron chi connectivity index (χ1n) is 6.60. The van der Waals surface area contributed by atoms with Crippen LogP contribution < -0.4 is 5.56 Å².